The van der Waals surface area contributed by atoms with Crippen LogP contribution in [0, 0.1) is 0 Å². The maximum absolute atomic E-state index is 11.8. The molecule has 0 rings (SSSR count). The molecule has 22 heavy (non-hydrogen) atoms. The normalized spacial score (nSPS) is 12.9. The number of nitrogens with one attached hydrogen (secondary N) is 2. The lowest BCUT2D eigenvalue weighted by Crippen LogP contribution is -2.45. The SMILES string of the molecule is C[C@H](OC(=O)[C@H](CCCNC(=O)CO)NC(=O)CO)C(=O)O. The molecule has 0 radical (unpaired) electrons. The first-order valence-electron chi connectivity index (χ1n) is 6.52. The summed E-state index contributed by atoms with van der Waals surface area (Å²) < 4.78 is 4.66. The summed E-state index contributed by atoms with van der Waals surface area (Å²) in [6, 6.07) is -1.15. The zero-order chi connectivity index (χ0) is 17.1. The molecule has 0 fully saturated rings. The molecule has 0 aliphatic heterocycles. The number of hydrogen-bond donors (Lipinski definition) is 5. The van der Waals surface area contributed by atoms with Crippen LogP contribution < -0.4 is 10.6 Å². The fourth-order valence-electron chi connectivity index (χ4n) is 1.39. The van der Waals surface area contributed by atoms with Crippen molar-refractivity contribution in [2.24, 2.45) is 0 Å². The highest BCUT2D eigenvalue weighted by Gasteiger charge is 2.25. The van der Waals surface area contributed by atoms with Crippen LogP contribution in [0.4, 0.5) is 0 Å². The highest BCUT2D eigenvalue weighted by atomic mass is 16.6. The summed E-state index contributed by atoms with van der Waals surface area (Å²) in [6.07, 6.45) is -1.06. The summed E-state index contributed by atoms with van der Waals surface area (Å²) in [5.41, 5.74) is 0. The number of carboxylic acid groups (broad SMARTS) is 1. The first-order valence-corrected chi connectivity index (χ1v) is 6.52. The van der Waals surface area contributed by atoms with Gasteiger partial charge in [-0.25, -0.2) is 9.59 Å². The highest BCUT2D eigenvalue weighted by Crippen LogP contribution is 2.03. The molecule has 0 aliphatic carbocycles. The molecule has 0 bridgehead atoms. The van der Waals surface area contributed by atoms with Crippen molar-refractivity contribution < 1.29 is 39.2 Å². The number of aliphatic hydroxyl groups excluding tert-OH is 2. The minimum absolute atomic E-state index is 0.0582. The van der Waals surface area contributed by atoms with Crippen LogP contribution in [0.2, 0.25) is 0 Å². The predicted octanol–water partition coefficient (Wildman–Crippen LogP) is -2.63. The van der Waals surface area contributed by atoms with Crippen LogP contribution >= 0.6 is 0 Å². The summed E-state index contributed by atoms with van der Waals surface area (Å²) in [7, 11) is 0. The van der Waals surface area contributed by atoms with Gasteiger partial charge < -0.3 is 30.7 Å². The number of carboxylic acids is 1. The number of esters is 1. The van der Waals surface area contributed by atoms with Crippen LogP contribution in [0.15, 0.2) is 0 Å². The molecule has 0 saturated heterocycles. The summed E-state index contributed by atoms with van der Waals surface area (Å²) in [5, 5.41) is 30.4. The van der Waals surface area contributed by atoms with Gasteiger partial charge in [0.2, 0.25) is 11.8 Å². The molecular formula is C12H20N2O8. The van der Waals surface area contributed by atoms with Crippen LogP contribution in [0.5, 0.6) is 0 Å². The maximum Gasteiger partial charge on any atom is 0.344 e. The Balaban J connectivity index is 4.48. The standard InChI is InChI=1S/C12H20N2O8/c1-7(11(19)20)22-12(21)8(14-10(18)6-16)3-2-4-13-9(17)5-15/h7-8,15-16H,2-6H2,1H3,(H,13,17)(H,14,18)(H,19,20)/t7-,8-/m0/s1. The Hall–Kier alpha value is -2.20. The van der Waals surface area contributed by atoms with Crippen molar-refractivity contribution in [1.29, 1.82) is 0 Å². The number of rotatable bonds is 10. The summed E-state index contributed by atoms with van der Waals surface area (Å²) in [4.78, 5) is 44.4. The first kappa shape index (κ1) is 19.8. The van der Waals surface area contributed by atoms with Crippen LogP contribution in [0.25, 0.3) is 0 Å². The van der Waals surface area contributed by atoms with Crippen LogP contribution in [-0.4, -0.2) is 71.0 Å². The average molecular weight is 320 g/mol. The molecule has 0 aliphatic rings. The van der Waals surface area contributed by atoms with Gasteiger partial charge in [-0.2, -0.15) is 0 Å². The van der Waals surface area contributed by atoms with Crippen molar-refractivity contribution in [3.63, 3.8) is 0 Å². The molecule has 0 saturated carbocycles. The van der Waals surface area contributed by atoms with Crippen molar-refractivity contribution in [2.45, 2.75) is 31.9 Å². The topological polar surface area (TPSA) is 162 Å². The Labute approximate surface area is 126 Å². The lowest BCUT2D eigenvalue weighted by atomic mass is 10.1. The van der Waals surface area contributed by atoms with Crippen LogP contribution in [-0.2, 0) is 23.9 Å². The van der Waals surface area contributed by atoms with E-state index in [4.69, 9.17) is 15.3 Å². The number of aliphatic hydroxyl groups is 2. The van der Waals surface area contributed by atoms with Gasteiger partial charge >= 0.3 is 11.9 Å². The number of ether oxygens (including phenoxy) is 1. The Morgan fingerprint density at radius 2 is 1.68 bits per heavy atom. The molecule has 0 unspecified atom stereocenters. The number of aliphatic carboxylic acids is 1. The van der Waals surface area contributed by atoms with Crippen molar-refractivity contribution in [2.75, 3.05) is 19.8 Å². The molecule has 2 amide bonds. The van der Waals surface area contributed by atoms with Gasteiger partial charge in [0.15, 0.2) is 6.10 Å². The summed E-state index contributed by atoms with van der Waals surface area (Å²) in [6.45, 7) is -0.193. The monoisotopic (exact) mass is 320 g/mol. The van der Waals surface area contributed by atoms with Gasteiger partial charge in [-0.15, -0.1) is 0 Å². The molecule has 5 N–H and O–H groups in total. The number of hydrogen-bond acceptors (Lipinski definition) is 7. The van der Waals surface area contributed by atoms with Gasteiger partial charge in [-0.1, -0.05) is 0 Å². The lowest BCUT2D eigenvalue weighted by molar-refractivity contribution is -0.164. The van der Waals surface area contributed by atoms with Crippen molar-refractivity contribution >= 4 is 23.8 Å². The predicted molar refractivity (Wildman–Crippen MR) is 71.5 cm³/mol. The van der Waals surface area contributed by atoms with E-state index in [1.807, 2.05) is 0 Å². The van der Waals surface area contributed by atoms with E-state index in [0.717, 1.165) is 6.92 Å². The van der Waals surface area contributed by atoms with E-state index < -0.39 is 49.1 Å². The van der Waals surface area contributed by atoms with Gasteiger partial charge in [0.1, 0.15) is 19.3 Å². The molecule has 10 nitrogen and oxygen atoms in total. The largest absolute Gasteiger partial charge is 0.479 e. The quantitative estimate of drug-likeness (QED) is 0.215. The van der Waals surface area contributed by atoms with Gasteiger partial charge in [0.25, 0.3) is 0 Å². The minimum Gasteiger partial charge on any atom is -0.479 e. The molecule has 0 aromatic rings. The smallest absolute Gasteiger partial charge is 0.344 e. The lowest BCUT2D eigenvalue weighted by Gasteiger charge is -2.18. The van der Waals surface area contributed by atoms with Crippen LogP contribution in [0.1, 0.15) is 19.8 Å². The minimum atomic E-state index is -1.38. The van der Waals surface area contributed by atoms with Crippen LogP contribution in [0.3, 0.4) is 0 Å². The highest BCUT2D eigenvalue weighted by molar-refractivity contribution is 5.86. The molecule has 126 valence electrons. The van der Waals surface area contributed by atoms with E-state index in [-0.39, 0.29) is 19.4 Å². The Kier molecular flexibility index (Phi) is 9.46. The van der Waals surface area contributed by atoms with E-state index in [0.29, 0.717) is 0 Å². The Bertz CT molecular complexity index is 412. The number of carbonyl (C=O) groups excluding carboxylic acids is 3. The fraction of sp³-hybridized carbons (Fsp3) is 0.667. The third kappa shape index (κ3) is 8.17. The molecule has 10 heteroatoms. The third-order valence-electron chi connectivity index (χ3n) is 2.54. The van der Waals surface area contributed by atoms with Gasteiger partial charge in [0.05, 0.1) is 0 Å². The van der Waals surface area contributed by atoms with E-state index in [1.165, 1.54) is 0 Å². The van der Waals surface area contributed by atoms with Gasteiger partial charge in [-0.05, 0) is 19.8 Å². The fourth-order valence-corrected chi connectivity index (χ4v) is 1.39. The molecular weight excluding hydrogens is 300 g/mol. The van der Waals surface area contributed by atoms with E-state index in [2.05, 4.69) is 15.4 Å². The number of amides is 2. The molecule has 2 atom stereocenters. The summed E-state index contributed by atoms with van der Waals surface area (Å²) in [5.74, 6) is -3.69. The zero-order valence-electron chi connectivity index (χ0n) is 12.1. The van der Waals surface area contributed by atoms with Gasteiger partial charge in [-0.3, -0.25) is 9.59 Å². The Morgan fingerprint density at radius 1 is 1.09 bits per heavy atom. The first-order chi connectivity index (χ1) is 10.3. The average Bonchev–Trinajstić information content (AvgIpc) is 2.49. The zero-order valence-corrected chi connectivity index (χ0v) is 12.1. The second kappa shape index (κ2) is 10.5. The van der Waals surface area contributed by atoms with E-state index in [1.54, 1.807) is 0 Å². The molecule has 0 aromatic carbocycles. The second-order valence-electron chi connectivity index (χ2n) is 4.35. The Morgan fingerprint density at radius 3 is 2.18 bits per heavy atom. The van der Waals surface area contributed by atoms with E-state index in [9.17, 15) is 19.2 Å². The molecule has 0 heterocycles. The van der Waals surface area contributed by atoms with E-state index >= 15 is 0 Å². The molecule has 0 aromatic heterocycles. The maximum atomic E-state index is 11.8. The van der Waals surface area contributed by atoms with Gasteiger partial charge in [0, 0.05) is 6.54 Å². The summed E-state index contributed by atoms with van der Waals surface area (Å²) >= 11 is 0. The second-order valence-corrected chi connectivity index (χ2v) is 4.35. The third-order valence-corrected chi connectivity index (χ3v) is 2.54. The van der Waals surface area contributed by atoms with Crippen molar-refractivity contribution in [3.8, 4) is 0 Å². The molecule has 0 spiro atoms. The van der Waals surface area contributed by atoms with Crippen molar-refractivity contribution in [1.82, 2.24) is 10.6 Å². The number of carbonyl (C=O) groups is 4. The van der Waals surface area contributed by atoms with Crippen molar-refractivity contribution in [3.05, 3.63) is 0 Å².